The van der Waals surface area contributed by atoms with Gasteiger partial charge in [-0.3, -0.25) is 14.6 Å². The molecule has 0 aromatic heterocycles. The maximum atomic E-state index is 12.9. The normalized spacial score (nSPS) is 20.9. The van der Waals surface area contributed by atoms with Crippen LogP contribution in [-0.4, -0.2) is 97.8 Å². The Hall–Kier alpha value is -1.19. The van der Waals surface area contributed by atoms with Gasteiger partial charge in [-0.2, -0.15) is 4.31 Å². The number of hydrogen-bond donors (Lipinski definition) is 0. The molecule has 0 saturated carbocycles. The lowest BCUT2D eigenvalue weighted by atomic mass is 10.1. The minimum absolute atomic E-state index is 0.0778. The number of sulfonamides is 1. The van der Waals surface area contributed by atoms with E-state index < -0.39 is 10.0 Å². The predicted octanol–water partition coefficient (Wildman–Crippen LogP) is 1.98. The van der Waals surface area contributed by atoms with Gasteiger partial charge in [-0.15, -0.1) is 0 Å². The molecule has 0 spiro atoms. The number of rotatable bonds is 4. The molecule has 2 heterocycles. The van der Waals surface area contributed by atoms with Crippen LogP contribution in [0.3, 0.4) is 0 Å². The average molecular weight is 457 g/mol. The van der Waals surface area contributed by atoms with Crippen molar-refractivity contribution in [2.75, 3.05) is 58.9 Å². The van der Waals surface area contributed by atoms with Gasteiger partial charge in [0.1, 0.15) is 4.90 Å². The van der Waals surface area contributed by atoms with Crippen LogP contribution < -0.4 is 0 Å². The quantitative estimate of drug-likeness (QED) is 0.693. The Labute approximate surface area is 185 Å². The van der Waals surface area contributed by atoms with Gasteiger partial charge in [-0.05, 0) is 52.4 Å². The van der Waals surface area contributed by atoms with Crippen molar-refractivity contribution in [3.63, 3.8) is 0 Å². The molecule has 1 aromatic rings. The monoisotopic (exact) mass is 456 g/mol. The van der Waals surface area contributed by atoms with Gasteiger partial charge in [-0.1, -0.05) is 23.7 Å². The maximum absolute atomic E-state index is 12.9. The molecule has 2 aliphatic rings. The molecule has 0 radical (unpaired) electrons. The van der Waals surface area contributed by atoms with Gasteiger partial charge in [-0.25, -0.2) is 8.42 Å². The smallest absolute Gasteiger partial charge is 0.244 e. The van der Waals surface area contributed by atoms with E-state index in [1.807, 2.05) is 0 Å². The van der Waals surface area contributed by atoms with Crippen LogP contribution >= 0.6 is 11.6 Å². The maximum Gasteiger partial charge on any atom is 0.244 e. The fourth-order valence-electron chi connectivity index (χ4n) is 4.06. The third-order valence-corrected chi connectivity index (χ3v) is 8.34. The SMILES string of the molecule is CC(C)(C)N1CCCN(CC(=O)N2CCN(S(=O)(=O)c3ccccc3Cl)CC2)CC1. The van der Waals surface area contributed by atoms with Crippen LogP contribution in [0.5, 0.6) is 0 Å². The van der Waals surface area contributed by atoms with Crippen molar-refractivity contribution in [2.24, 2.45) is 0 Å². The van der Waals surface area contributed by atoms with Crippen LogP contribution in [0.2, 0.25) is 5.02 Å². The Balaban J connectivity index is 1.53. The molecule has 0 N–H and O–H groups in total. The second-order valence-electron chi connectivity index (χ2n) is 9.00. The van der Waals surface area contributed by atoms with Gasteiger partial charge in [0.05, 0.1) is 11.6 Å². The molecule has 30 heavy (non-hydrogen) atoms. The first-order valence-corrected chi connectivity index (χ1v) is 12.4. The minimum atomic E-state index is -3.65. The van der Waals surface area contributed by atoms with Gasteiger partial charge >= 0.3 is 0 Å². The summed E-state index contributed by atoms with van der Waals surface area (Å²) in [6.45, 7) is 12.3. The van der Waals surface area contributed by atoms with Crippen molar-refractivity contribution >= 4 is 27.5 Å². The number of nitrogens with zero attached hydrogens (tertiary/aromatic N) is 4. The molecular formula is C21H33ClN4O3S. The van der Waals surface area contributed by atoms with E-state index in [0.717, 1.165) is 32.6 Å². The number of amides is 1. The fraction of sp³-hybridized carbons (Fsp3) is 0.667. The molecule has 9 heteroatoms. The zero-order chi connectivity index (χ0) is 21.9. The summed E-state index contributed by atoms with van der Waals surface area (Å²) in [5.41, 5.74) is 0.142. The van der Waals surface area contributed by atoms with E-state index in [2.05, 4.69) is 30.6 Å². The van der Waals surface area contributed by atoms with Gasteiger partial charge in [0.15, 0.2) is 0 Å². The molecule has 1 aromatic carbocycles. The molecule has 2 aliphatic heterocycles. The zero-order valence-electron chi connectivity index (χ0n) is 18.2. The van der Waals surface area contributed by atoms with Gasteiger partial charge in [0.2, 0.25) is 15.9 Å². The number of carbonyl (C=O) groups is 1. The zero-order valence-corrected chi connectivity index (χ0v) is 19.8. The third kappa shape index (κ3) is 5.53. The van der Waals surface area contributed by atoms with Crippen LogP contribution in [0.25, 0.3) is 0 Å². The highest BCUT2D eigenvalue weighted by Crippen LogP contribution is 2.25. The molecule has 2 saturated heterocycles. The van der Waals surface area contributed by atoms with Crippen molar-refractivity contribution in [3.05, 3.63) is 29.3 Å². The fourth-order valence-corrected chi connectivity index (χ4v) is 5.98. The van der Waals surface area contributed by atoms with Crippen molar-refractivity contribution < 1.29 is 13.2 Å². The summed E-state index contributed by atoms with van der Waals surface area (Å²) >= 11 is 6.09. The second kappa shape index (κ2) is 9.53. The van der Waals surface area contributed by atoms with Crippen LogP contribution in [0, 0.1) is 0 Å². The molecule has 0 aliphatic carbocycles. The first-order chi connectivity index (χ1) is 14.1. The number of halogens is 1. The third-order valence-electron chi connectivity index (χ3n) is 5.94. The number of benzene rings is 1. The lowest BCUT2D eigenvalue weighted by Crippen LogP contribution is -2.52. The summed E-state index contributed by atoms with van der Waals surface area (Å²) in [6, 6.07) is 6.48. The lowest BCUT2D eigenvalue weighted by molar-refractivity contribution is -0.133. The Kier molecular flexibility index (Phi) is 7.45. The van der Waals surface area contributed by atoms with E-state index in [-0.39, 0.29) is 34.5 Å². The van der Waals surface area contributed by atoms with E-state index in [4.69, 9.17) is 11.6 Å². The number of hydrogen-bond acceptors (Lipinski definition) is 5. The minimum Gasteiger partial charge on any atom is -0.339 e. The lowest BCUT2D eigenvalue weighted by Gasteiger charge is -2.35. The van der Waals surface area contributed by atoms with Gasteiger partial charge < -0.3 is 4.90 Å². The van der Waals surface area contributed by atoms with Crippen LogP contribution in [-0.2, 0) is 14.8 Å². The summed E-state index contributed by atoms with van der Waals surface area (Å²) in [6.07, 6.45) is 1.05. The van der Waals surface area contributed by atoms with Crippen LogP contribution in [0.4, 0.5) is 0 Å². The molecular weight excluding hydrogens is 424 g/mol. The van der Waals surface area contributed by atoms with Crippen molar-refractivity contribution in [1.29, 1.82) is 0 Å². The topological polar surface area (TPSA) is 64.2 Å². The van der Waals surface area contributed by atoms with E-state index in [9.17, 15) is 13.2 Å². The summed E-state index contributed by atoms with van der Waals surface area (Å²) in [7, 11) is -3.65. The highest BCUT2D eigenvalue weighted by Gasteiger charge is 2.32. The van der Waals surface area contributed by atoms with E-state index in [0.29, 0.717) is 19.6 Å². The molecule has 0 bridgehead atoms. The summed E-state index contributed by atoms with van der Waals surface area (Å²) in [4.78, 5) is 19.4. The van der Waals surface area contributed by atoms with Crippen molar-refractivity contribution in [2.45, 2.75) is 37.6 Å². The van der Waals surface area contributed by atoms with Crippen LogP contribution in [0.1, 0.15) is 27.2 Å². The Morgan fingerprint density at radius 2 is 1.63 bits per heavy atom. The number of piperazine rings is 1. The van der Waals surface area contributed by atoms with E-state index >= 15 is 0 Å². The molecule has 3 rings (SSSR count). The summed E-state index contributed by atoms with van der Waals surface area (Å²) in [5, 5.41) is 0.224. The van der Waals surface area contributed by atoms with E-state index in [1.165, 1.54) is 10.4 Å². The van der Waals surface area contributed by atoms with Crippen molar-refractivity contribution in [1.82, 2.24) is 19.0 Å². The Morgan fingerprint density at radius 1 is 0.967 bits per heavy atom. The van der Waals surface area contributed by atoms with Gasteiger partial charge in [0, 0.05) is 44.8 Å². The first kappa shape index (κ1) is 23.5. The standard InChI is InChI=1S/C21H33ClN4O3S/c1-21(2,3)25-10-6-9-23(11-14-25)17-20(27)24-12-15-26(16-13-24)30(28,29)19-8-5-4-7-18(19)22/h4-5,7-8H,6,9-17H2,1-3H3. The van der Waals surface area contributed by atoms with E-state index in [1.54, 1.807) is 23.1 Å². The molecule has 0 unspecified atom stereocenters. The second-order valence-corrected chi connectivity index (χ2v) is 11.3. The molecule has 2 fully saturated rings. The van der Waals surface area contributed by atoms with Gasteiger partial charge in [0.25, 0.3) is 0 Å². The predicted molar refractivity (Wildman–Crippen MR) is 119 cm³/mol. The number of carbonyl (C=O) groups excluding carboxylic acids is 1. The molecule has 1 amide bonds. The largest absolute Gasteiger partial charge is 0.339 e. The Morgan fingerprint density at radius 3 is 2.27 bits per heavy atom. The highest BCUT2D eigenvalue weighted by molar-refractivity contribution is 7.89. The first-order valence-electron chi connectivity index (χ1n) is 10.6. The molecule has 7 nitrogen and oxygen atoms in total. The van der Waals surface area contributed by atoms with Crippen molar-refractivity contribution in [3.8, 4) is 0 Å². The van der Waals surface area contributed by atoms with Crippen LogP contribution in [0.15, 0.2) is 29.2 Å². The summed E-state index contributed by atoms with van der Waals surface area (Å²) in [5.74, 6) is 0.0778. The molecule has 168 valence electrons. The Bertz CT molecular complexity index is 848. The molecule has 0 atom stereocenters. The average Bonchev–Trinajstić information content (AvgIpc) is 2.94. The summed E-state index contributed by atoms with van der Waals surface area (Å²) < 4.78 is 27.2. The highest BCUT2D eigenvalue weighted by atomic mass is 35.5.